The highest BCUT2D eigenvalue weighted by molar-refractivity contribution is 7.76. The molecule has 0 bridgehead atoms. The zero-order valence-corrected chi connectivity index (χ0v) is 9.98. The molecular formula is C9H18ClO2P. The van der Waals surface area contributed by atoms with Crippen LogP contribution in [0.5, 0.6) is 0 Å². The second-order valence-electron chi connectivity index (χ2n) is 3.46. The van der Waals surface area contributed by atoms with Crippen molar-refractivity contribution in [3.05, 3.63) is 0 Å². The third kappa shape index (κ3) is 3.71. The Morgan fingerprint density at radius 3 is 2.85 bits per heavy atom. The zero-order chi connectivity index (χ0) is 9.68. The normalized spacial score (nSPS) is 34.8. The molecule has 3 atom stereocenters. The molecule has 4 heteroatoms. The summed E-state index contributed by atoms with van der Waals surface area (Å²) in [6, 6.07) is 0. The van der Waals surface area contributed by atoms with E-state index in [1.807, 2.05) is 0 Å². The summed E-state index contributed by atoms with van der Waals surface area (Å²) < 4.78 is 10.9. The maximum absolute atomic E-state index is 5.81. The number of rotatable bonds is 4. The lowest BCUT2D eigenvalue weighted by molar-refractivity contribution is 0.0449. The fourth-order valence-corrected chi connectivity index (χ4v) is 3.01. The standard InChI is InChI=1S/C9H18ClO2P/c1-3-5-6-8-7-11-13(10)12-9(8)4-2/h8-9H,3-7H2,1-2H3. The van der Waals surface area contributed by atoms with E-state index in [-0.39, 0.29) is 0 Å². The largest absolute Gasteiger partial charge is 0.322 e. The fourth-order valence-electron chi connectivity index (χ4n) is 1.63. The van der Waals surface area contributed by atoms with Gasteiger partial charge in [-0.25, -0.2) is 0 Å². The van der Waals surface area contributed by atoms with Crippen molar-refractivity contribution in [2.24, 2.45) is 5.92 Å². The summed E-state index contributed by atoms with van der Waals surface area (Å²) in [4.78, 5) is 0. The van der Waals surface area contributed by atoms with Crippen molar-refractivity contribution in [3.63, 3.8) is 0 Å². The third-order valence-corrected chi connectivity index (χ3v) is 3.79. The number of unbranched alkanes of at least 4 members (excludes halogenated alkanes) is 1. The highest BCUT2D eigenvalue weighted by Crippen LogP contribution is 2.50. The van der Waals surface area contributed by atoms with Crippen molar-refractivity contribution in [1.82, 2.24) is 0 Å². The molecule has 0 aromatic heterocycles. The highest BCUT2D eigenvalue weighted by atomic mass is 35.7. The first kappa shape index (κ1) is 11.7. The van der Waals surface area contributed by atoms with E-state index in [4.69, 9.17) is 20.3 Å². The van der Waals surface area contributed by atoms with Crippen LogP contribution in [0.4, 0.5) is 0 Å². The third-order valence-electron chi connectivity index (χ3n) is 2.46. The van der Waals surface area contributed by atoms with E-state index < -0.39 is 7.73 Å². The first-order valence-corrected chi connectivity index (χ1v) is 7.11. The molecule has 0 saturated carbocycles. The molecule has 1 aliphatic heterocycles. The van der Waals surface area contributed by atoms with Gasteiger partial charge < -0.3 is 9.05 Å². The zero-order valence-electron chi connectivity index (χ0n) is 8.33. The van der Waals surface area contributed by atoms with E-state index in [9.17, 15) is 0 Å². The van der Waals surface area contributed by atoms with E-state index in [1.54, 1.807) is 0 Å². The molecule has 13 heavy (non-hydrogen) atoms. The van der Waals surface area contributed by atoms with Crippen LogP contribution in [0.2, 0.25) is 0 Å². The molecular weight excluding hydrogens is 207 g/mol. The van der Waals surface area contributed by atoms with Crippen LogP contribution in [0.3, 0.4) is 0 Å². The lowest BCUT2D eigenvalue weighted by Crippen LogP contribution is -2.29. The fraction of sp³-hybridized carbons (Fsp3) is 1.00. The summed E-state index contributed by atoms with van der Waals surface area (Å²) in [7, 11) is -1.11. The first-order chi connectivity index (χ1) is 6.27. The Balaban J connectivity index is 2.33. The van der Waals surface area contributed by atoms with Crippen LogP contribution in [0.15, 0.2) is 0 Å². The van der Waals surface area contributed by atoms with Gasteiger partial charge in [0.05, 0.1) is 12.7 Å². The predicted octanol–water partition coefficient (Wildman–Crippen LogP) is 4.08. The average molecular weight is 225 g/mol. The van der Waals surface area contributed by atoms with Crippen LogP contribution in [-0.2, 0) is 9.05 Å². The Labute approximate surface area is 86.6 Å². The highest BCUT2D eigenvalue weighted by Gasteiger charge is 2.29. The van der Waals surface area contributed by atoms with Gasteiger partial charge in [-0.1, -0.05) is 26.7 Å². The van der Waals surface area contributed by atoms with Gasteiger partial charge in [0, 0.05) is 5.92 Å². The molecule has 0 radical (unpaired) electrons. The van der Waals surface area contributed by atoms with E-state index in [2.05, 4.69) is 13.8 Å². The summed E-state index contributed by atoms with van der Waals surface area (Å²) >= 11 is 5.81. The van der Waals surface area contributed by atoms with Gasteiger partial charge in [-0.3, -0.25) is 0 Å². The summed E-state index contributed by atoms with van der Waals surface area (Å²) in [6.45, 7) is 5.14. The van der Waals surface area contributed by atoms with Crippen LogP contribution < -0.4 is 0 Å². The molecule has 1 aliphatic rings. The van der Waals surface area contributed by atoms with Crippen molar-refractivity contribution in [2.75, 3.05) is 6.61 Å². The molecule has 0 aliphatic carbocycles. The van der Waals surface area contributed by atoms with Crippen molar-refractivity contribution in [2.45, 2.75) is 45.6 Å². The Hall–Kier alpha value is 0.640. The Kier molecular flexibility index (Phi) is 5.57. The minimum atomic E-state index is -1.11. The van der Waals surface area contributed by atoms with Crippen LogP contribution >= 0.6 is 19.0 Å². The first-order valence-electron chi connectivity index (χ1n) is 5.03. The molecule has 3 unspecified atom stereocenters. The van der Waals surface area contributed by atoms with Gasteiger partial charge >= 0.3 is 0 Å². The van der Waals surface area contributed by atoms with Crippen molar-refractivity contribution >= 4 is 19.0 Å². The lowest BCUT2D eigenvalue weighted by atomic mass is 9.95. The van der Waals surface area contributed by atoms with Gasteiger partial charge in [0.15, 0.2) is 0 Å². The molecule has 0 amide bonds. The second kappa shape index (κ2) is 6.19. The molecule has 1 fully saturated rings. The van der Waals surface area contributed by atoms with Crippen molar-refractivity contribution in [1.29, 1.82) is 0 Å². The summed E-state index contributed by atoms with van der Waals surface area (Å²) in [5.74, 6) is 0.558. The molecule has 0 aromatic rings. The quantitative estimate of drug-likeness (QED) is 0.670. The molecule has 0 spiro atoms. The van der Waals surface area contributed by atoms with Crippen molar-refractivity contribution in [3.8, 4) is 0 Å². The van der Waals surface area contributed by atoms with E-state index in [0.29, 0.717) is 12.0 Å². The van der Waals surface area contributed by atoms with E-state index in [0.717, 1.165) is 13.0 Å². The second-order valence-corrected chi connectivity index (χ2v) is 5.18. The van der Waals surface area contributed by atoms with Crippen molar-refractivity contribution < 1.29 is 9.05 Å². The minimum absolute atomic E-state index is 0.323. The lowest BCUT2D eigenvalue weighted by Gasteiger charge is -2.32. The van der Waals surface area contributed by atoms with Crippen LogP contribution in [-0.4, -0.2) is 12.7 Å². The molecule has 78 valence electrons. The van der Waals surface area contributed by atoms with E-state index >= 15 is 0 Å². The maximum atomic E-state index is 5.81. The van der Waals surface area contributed by atoms with Gasteiger partial charge in [0.25, 0.3) is 7.73 Å². The number of halogens is 1. The molecule has 0 aromatic carbocycles. The minimum Gasteiger partial charge on any atom is -0.322 e. The molecule has 2 nitrogen and oxygen atoms in total. The van der Waals surface area contributed by atoms with Gasteiger partial charge in [0.2, 0.25) is 0 Å². The maximum Gasteiger partial charge on any atom is 0.277 e. The van der Waals surface area contributed by atoms with E-state index in [1.165, 1.54) is 19.3 Å². The average Bonchev–Trinajstić information content (AvgIpc) is 2.16. The number of hydrogen-bond acceptors (Lipinski definition) is 2. The Morgan fingerprint density at radius 2 is 2.23 bits per heavy atom. The molecule has 0 N–H and O–H groups in total. The molecule has 1 heterocycles. The summed E-state index contributed by atoms with van der Waals surface area (Å²) in [5.41, 5.74) is 0. The predicted molar refractivity (Wildman–Crippen MR) is 56.9 cm³/mol. The summed E-state index contributed by atoms with van der Waals surface area (Å²) in [6.07, 6.45) is 5.07. The monoisotopic (exact) mass is 224 g/mol. The van der Waals surface area contributed by atoms with Gasteiger partial charge in [-0.15, -0.1) is 0 Å². The van der Waals surface area contributed by atoms with Crippen LogP contribution in [0.25, 0.3) is 0 Å². The summed E-state index contributed by atoms with van der Waals surface area (Å²) in [5, 5.41) is 0. The Morgan fingerprint density at radius 1 is 1.46 bits per heavy atom. The van der Waals surface area contributed by atoms with Gasteiger partial charge in [0.1, 0.15) is 0 Å². The van der Waals surface area contributed by atoms with Gasteiger partial charge in [-0.2, -0.15) is 0 Å². The van der Waals surface area contributed by atoms with Gasteiger partial charge in [-0.05, 0) is 24.1 Å². The topological polar surface area (TPSA) is 18.5 Å². The van der Waals surface area contributed by atoms with Crippen LogP contribution in [0.1, 0.15) is 39.5 Å². The molecule has 1 saturated heterocycles. The number of hydrogen-bond donors (Lipinski definition) is 0. The van der Waals surface area contributed by atoms with Crippen LogP contribution in [0, 0.1) is 5.92 Å². The SMILES string of the molecule is CCCCC1COP(Cl)OC1CC. The smallest absolute Gasteiger partial charge is 0.277 e. The molecule has 1 rings (SSSR count). The Bertz CT molecular complexity index is 144.